The first-order valence-electron chi connectivity index (χ1n) is 6.05. The minimum absolute atomic E-state index is 0.00519. The number of hydrogen-bond acceptors (Lipinski definition) is 4. The summed E-state index contributed by atoms with van der Waals surface area (Å²) in [7, 11) is -6.85. The molecule has 0 spiro atoms. The first kappa shape index (κ1) is 14.2. The van der Waals surface area contributed by atoms with Crippen LogP contribution in [-0.4, -0.2) is 46.0 Å². The molecular formula is C9H19N3O4S2. The van der Waals surface area contributed by atoms with Crippen LogP contribution in [0.15, 0.2) is 0 Å². The molecule has 1 unspecified atom stereocenters. The van der Waals surface area contributed by atoms with Crippen LogP contribution in [0.2, 0.25) is 0 Å². The van der Waals surface area contributed by atoms with Crippen LogP contribution in [0.4, 0.5) is 0 Å². The van der Waals surface area contributed by atoms with Crippen molar-refractivity contribution in [3.63, 3.8) is 0 Å². The van der Waals surface area contributed by atoms with Crippen LogP contribution in [0, 0.1) is 5.92 Å². The Morgan fingerprint density at radius 2 is 1.83 bits per heavy atom. The van der Waals surface area contributed by atoms with E-state index in [1.165, 1.54) is 4.31 Å². The van der Waals surface area contributed by atoms with Crippen molar-refractivity contribution in [1.29, 1.82) is 0 Å². The van der Waals surface area contributed by atoms with E-state index >= 15 is 0 Å². The fraction of sp³-hybridized carbons (Fsp3) is 1.00. The molecule has 1 aliphatic carbocycles. The first-order chi connectivity index (χ1) is 8.29. The zero-order chi connectivity index (χ0) is 13.4. The van der Waals surface area contributed by atoms with Gasteiger partial charge in [0.25, 0.3) is 10.2 Å². The van der Waals surface area contributed by atoms with Gasteiger partial charge in [-0.05, 0) is 31.6 Å². The predicted octanol–water partition coefficient (Wildman–Crippen LogP) is -1.02. The molecule has 2 rings (SSSR count). The zero-order valence-corrected chi connectivity index (χ0v) is 11.7. The van der Waals surface area contributed by atoms with Gasteiger partial charge >= 0.3 is 0 Å². The molecule has 1 heterocycles. The number of sulfonamides is 1. The molecule has 0 amide bonds. The smallest absolute Gasteiger partial charge is 0.216 e. The predicted molar refractivity (Wildman–Crippen MR) is 67.3 cm³/mol. The molecule has 1 aliphatic heterocycles. The Morgan fingerprint density at radius 1 is 1.17 bits per heavy atom. The lowest BCUT2D eigenvalue weighted by atomic mass is 10.0. The van der Waals surface area contributed by atoms with E-state index in [0.717, 1.165) is 25.7 Å². The zero-order valence-electron chi connectivity index (χ0n) is 10.1. The second-order valence-electron chi connectivity index (χ2n) is 5.00. The van der Waals surface area contributed by atoms with Crippen molar-refractivity contribution in [2.75, 3.05) is 19.6 Å². The second-order valence-corrected chi connectivity index (χ2v) is 8.60. The fourth-order valence-corrected chi connectivity index (χ4v) is 4.66. The van der Waals surface area contributed by atoms with E-state index in [0.29, 0.717) is 13.1 Å². The molecule has 9 heteroatoms. The molecule has 2 aliphatic rings. The minimum atomic E-state index is -3.70. The normalized spacial score (nSPS) is 27.3. The Labute approximate surface area is 108 Å². The van der Waals surface area contributed by atoms with Crippen LogP contribution in [0.3, 0.4) is 0 Å². The van der Waals surface area contributed by atoms with Gasteiger partial charge in [-0.2, -0.15) is 8.42 Å². The van der Waals surface area contributed by atoms with Gasteiger partial charge in [0, 0.05) is 19.6 Å². The summed E-state index contributed by atoms with van der Waals surface area (Å²) in [4.78, 5) is 0. The third-order valence-corrected chi connectivity index (χ3v) is 6.29. The third kappa shape index (κ3) is 3.64. The molecule has 0 aromatic rings. The number of nitrogens with zero attached hydrogens (tertiary/aromatic N) is 1. The number of hydrogen-bond donors (Lipinski definition) is 2. The topological polar surface area (TPSA) is 110 Å². The number of nitrogens with one attached hydrogen (secondary N) is 1. The molecule has 1 saturated heterocycles. The Morgan fingerprint density at radius 3 is 2.39 bits per heavy atom. The molecule has 7 nitrogen and oxygen atoms in total. The Kier molecular flexibility index (Phi) is 3.98. The number of rotatable bonds is 5. The summed E-state index contributed by atoms with van der Waals surface area (Å²) >= 11 is 0. The standard InChI is InChI=1S/C9H19N3O4S2/c10-18(15,16)11-6-8-2-1-5-12(7-8)17(13,14)9-3-4-9/h8-9,11H,1-7H2,(H2,10,15,16). The SMILES string of the molecule is NS(=O)(=O)NCC1CCCN(S(=O)(=O)C2CC2)C1. The fourth-order valence-electron chi connectivity index (χ4n) is 2.24. The minimum Gasteiger partial charge on any atom is -0.216 e. The summed E-state index contributed by atoms with van der Waals surface area (Å²) < 4.78 is 49.5. The molecule has 3 N–H and O–H groups in total. The highest BCUT2D eigenvalue weighted by Crippen LogP contribution is 2.33. The van der Waals surface area contributed by atoms with E-state index in [1.807, 2.05) is 0 Å². The lowest BCUT2D eigenvalue weighted by Crippen LogP contribution is -2.45. The van der Waals surface area contributed by atoms with Crippen LogP contribution in [-0.2, 0) is 20.2 Å². The quantitative estimate of drug-likeness (QED) is 0.677. The van der Waals surface area contributed by atoms with Gasteiger partial charge in [-0.15, -0.1) is 0 Å². The van der Waals surface area contributed by atoms with Crippen molar-refractivity contribution in [3.05, 3.63) is 0 Å². The van der Waals surface area contributed by atoms with Gasteiger partial charge in [-0.3, -0.25) is 0 Å². The molecule has 1 saturated carbocycles. The lowest BCUT2D eigenvalue weighted by molar-refractivity contribution is 0.267. The Balaban J connectivity index is 1.92. The average Bonchev–Trinajstić information content (AvgIpc) is 3.10. The molecular weight excluding hydrogens is 278 g/mol. The highest BCUT2D eigenvalue weighted by Gasteiger charge is 2.41. The van der Waals surface area contributed by atoms with Crippen LogP contribution in [0.1, 0.15) is 25.7 Å². The largest absolute Gasteiger partial charge is 0.274 e. The van der Waals surface area contributed by atoms with Gasteiger partial charge < -0.3 is 0 Å². The van der Waals surface area contributed by atoms with Gasteiger partial charge in [0.15, 0.2) is 0 Å². The van der Waals surface area contributed by atoms with E-state index in [1.54, 1.807) is 0 Å². The Bertz CT molecular complexity index is 498. The van der Waals surface area contributed by atoms with Gasteiger partial charge in [-0.25, -0.2) is 22.6 Å². The second kappa shape index (κ2) is 5.04. The summed E-state index contributed by atoms with van der Waals surface area (Å²) in [6.07, 6.45) is 3.08. The maximum Gasteiger partial charge on any atom is 0.274 e. The highest BCUT2D eigenvalue weighted by atomic mass is 32.2. The average molecular weight is 297 g/mol. The van der Waals surface area contributed by atoms with Crippen LogP contribution >= 0.6 is 0 Å². The molecule has 0 bridgehead atoms. The van der Waals surface area contributed by atoms with Crippen molar-refractivity contribution in [1.82, 2.24) is 9.03 Å². The molecule has 0 aromatic heterocycles. The summed E-state index contributed by atoms with van der Waals surface area (Å²) in [5.74, 6) is 0.00519. The van der Waals surface area contributed by atoms with E-state index < -0.39 is 20.2 Å². The summed E-state index contributed by atoms with van der Waals surface area (Å²) in [6.45, 7) is 1.14. The van der Waals surface area contributed by atoms with Gasteiger partial charge in [0.05, 0.1) is 5.25 Å². The van der Waals surface area contributed by atoms with E-state index in [9.17, 15) is 16.8 Å². The first-order valence-corrected chi connectivity index (χ1v) is 9.10. The van der Waals surface area contributed by atoms with Crippen molar-refractivity contribution in [3.8, 4) is 0 Å². The molecule has 18 heavy (non-hydrogen) atoms. The van der Waals surface area contributed by atoms with Gasteiger partial charge in [0.2, 0.25) is 10.0 Å². The highest BCUT2D eigenvalue weighted by molar-refractivity contribution is 7.90. The van der Waals surface area contributed by atoms with Gasteiger partial charge in [-0.1, -0.05) is 0 Å². The van der Waals surface area contributed by atoms with E-state index in [-0.39, 0.29) is 17.7 Å². The van der Waals surface area contributed by atoms with E-state index in [4.69, 9.17) is 5.14 Å². The van der Waals surface area contributed by atoms with Crippen molar-refractivity contribution in [2.45, 2.75) is 30.9 Å². The molecule has 1 atom stereocenters. The van der Waals surface area contributed by atoms with E-state index in [2.05, 4.69) is 4.72 Å². The molecule has 2 fully saturated rings. The Hall–Kier alpha value is -0.220. The van der Waals surface area contributed by atoms with Gasteiger partial charge in [0.1, 0.15) is 0 Å². The van der Waals surface area contributed by atoms with Crippen LogP contribution in [0.25, 0.3) is 0 Å². The van der Waals surface area contributed by atoms with Crippen LogP contribution < -0.4 is 9.86 Å². The molecule has 106 valence electrons. The van der Waals surface area contributed by atoms with Crippen molar-refractivity contribution in [2.24, 2.45) is 11.1 Å². The summed E-state index contributed by atoms with van der Waals surface area (Å²) in [5, 5.41) is 4.65. The van der Waals surface area contributed by atoms with Crippen molar-refractivity contribution >= 4 is 20.2 Å². The maximum absolute atomic E-state index is 12.1. The third-order valence-electron chi connectivity index (χ3n) is 3.36. The van der Waals surface area contributed by atoms with Crippen LogP contribution in [0.5, 0.6) is 0 Å². The van der Waals surface area contributed by atoms with Crippen molar-refractivity contribution < 1.29 is 16.8 Å². The monoisotopic (exact) mass is 297 g/mol. The summed E-state index contributed by atoms with van der Waals surface area (Å²) in [5.41, 5.74) is 0. The number of nitrogens with two attached hydrogens (primary N) is 1. The number of piperidine rings is 1. The lowest BCUT2D eigenvalue weighted by Gasteiger charge is -2.31. The molecule has 0 radical (unpaired) electrons. The molecule has 0 aromatic carbocycles. The summed E-state index contributed by atoms with van der Waals surface area (Å²) in [6, 6.07) is 0. The maximum atomic E-state index is 12.1.